The Labute approximate surface area is 508 Å². The Balaban J connectivity index is 0.000000182. The lowest BCUT2D eigenvalue weighted by molar-refractivity contribution is -0.143. The third kappa shape index (κ3) is 14.2. The Morgan fingerprint density at radius 2 is 0.670 bits per heavy atom. The number of nitrogens with zero attached hydrogens (tertiary/aromatic N) is 2. The molecule has 4 aliphatic rings. The van der Waals surface area contributed by atoms with Gasteiger partial charge in [0.2, 0.25) is 47.3 Å². The molecule has 11 N–H and O–H groups in total. The SMILES string of the molecule is N[C@@H]1C[C@@H]2C(=O)N[C@@H](Cc3ccccc3)C(=O)N[C@H](Cc3c[nH]c4ccccc34)C(=O)N[C@@H](Cc3ccccc3)C(=O)N2C1.O=C1N[C@@H](Cc2ccccc2)C(=O)N2C[C@@H](O)C[C@@H]2C(=O)N[C@@H](Cc2ccccc2)C(=O)N[C@H]1Cc1c[nH]c2ccccc12. The smallest absolute Gasteiger partial charge is 0.246 e. The lowest BCUT2D eigenvalue weighted by atomic mass is 9.99. The maximum atomic E-state index is 14.1. The van der Waals surface area contributed by atoms with E-state index in [1.165, 1.54) is 9.80 Å². The molecule has 6 aromatic carbocycles. The van der Waals surface area contributed by atoms with Gasteiger partial charge in [0.15, 0.2) is 0 Å². The van der Waals surface area contributed by atoms with Crippen molar-refractivity contribution in [2.45, 2.75) is 112 Å². The van der Waals surface area contributed by atoms with Crippen molar-refractivity contribution >= 4 is 69.1 Å². The van der Waals surface area contributed by atoms with Crippen LogP contribution in [0.4, 0.5) is 0 Å². The number of carbonyl (C=O) groups is 8. The molecule has 10 atom stereocenters. The van der Waals surface area contributed by atoms with E-state index in [0.717, 1.165) is 55.2 Å². The quantitative estimate of drug-likeness (QED) is 0.0853. The summed E-state index contributed by atoms with van der Waals surface area (Å²) in [6.07, 6.45) is 4.14. The van der Waals surface area contributed by atoms with Crippen molar-refractivity contribution in [1.82, 2.24) is 51.7 Å². The highest BCUT2D eigenvalue weighted by Gasteiger charge is 2.45. The number of para-hydroxylation sites is 2. The Morgan fingerprint density at radius 1 is 0.364 bits per heavy atom. The standard InChI is InChI=1S/C34H36N6O4.C34H35N5O5/c35-24-18-30-33(43)38-27(15-21-9-3-1-4-10-21)31(41)37-28(17-23-19-36-26-14-8-7-13-25(23)26)32(42)39-29(34(44)40(30)20-24)16-22-11-5-2-6-12-22;40-24-18-30-33(43)37-27(15-21-9-3-1-4-10-21)31(41)36-28(17-23-19-35-26-14-8-7-13-25(23)26)32(42)38-29(34(44)39(30)20-24)16-22-11-5-2-6-12-22/h1-14,19,24,27-30,36H,15-18,20,35H2,(H,37,41)(H,38,43)(H,39,42);1-14,19,24,27-30,35,40H,15-18,20H2,(H,36,41)(H,37,43)(H,38,42)/t24-,27+,28-,29+,30-;24-,27-,28-,29-,30+/m10/s1. The monoisotopic (exact) mass is 1190 g/mol. The van der Waals surface area contributed by atoms with Crippen LogP contribution in [0.5, 0.6) is 0 Å². The van der Waals surface area contributed by atoms with Crippen LogP contribution in [0, 0.1) is 0 Å². The molecule has 20 heteroatoms. The number of nitrogens with one attached hydrogen (secondary N) is 8. The van der Waals surface area contributed by atoms with Crippen molar-refractivity contribution in [2.75, 3.05) is 13.1 Å². The van der Waals surface area contributed by atoms with Crippen LogP contribution in [0.2, 0.25) is 0 Å². The Bertz CT molecular complexity index is 3560. The number of hydrogen-bond acceptors (Lipinski definition) is 10. The third-order valence-corrected chi connectivity index (χ3v) is 16.9. The Morgan fingerprint density at radius 3 is 1.07 bits per heavy atom. The van der Waals surface area contributed by atoms with Crippen LogP contribution in [-0.2, 0) is 76.9 Å². The van der Waals surface area contributed by atoms with Gasteiger partial charge in [-0.1, -0.05) is 158 Å². The number of H-pyrrole nitrogens is 2. The molecule has 0 saturated carbocycles. The molecule has 8 aromatic rings. The molecule has 0 unspecified atom stereocenters. The van der Waals surface area contributed by atoms with Crippen LogP contribution in [0.3, 0.4) is 0 Å². The molecule has 0 aliphatic carbocycles. The largest absolute Gasteiger partial charge is 0.391 e. The van der Waals surface area contributed by atoms with E-state index in [0.29, 0.717) is 0 Å². The minimum absolute atomic E-state index is 0.0342. The van der Waals surface area contributed by atoms with Crippen molar-refractivity contribution in [2.24, 2.45) is 5.73 Å². The van der Waals surface area contributed by atoms with Crippen molar-refractivity contribution in [3.05, 3.63) is 216 Å². The number of rotatable bonds is 12. The zero-order valence-corrected chi connectivity index (χ0v) is 48.4. The van der Waals surface area contributed by atoms with Crippen LogP contribution in [0.25, 0.3) is 21.8 Å². The molecule has 452 valence electrons. The van der Waals surface area contributed by atoms with Crippen molar-refractivity contribution < 1.29 is 43.5 Å². The lowest BCUT2D eigenvalue weighted by Gasteiger charge is -2.32. The number of aromatic amines is 2. The molecule has 88 heavy (non-hydrogen) atoms. The summed E-state index contributed by atoms with van der Waals surface area (Å²) >= 11 is 0. The summed E-state index contributed by atoms with van der Waals surface area (Å²) in [5, 5.41) is 29.8. The van der Waals surface area contributed by atoms with Gasteiger partial charge in [-0.3, -0.25) is 38.4 Å². The highest BCUT2D eigenvalue weighted by Crippen LogP contribution is 2.26. The van der Waals surface area contributed by atoms with Gasteiger partial charge < -0.3 is 62.5 Å². The molecular formula is C68H71N11O9. The molecule has 0 radical (unpaired) electrons. The molecule has 0 bridgehead atoms. The fraction of sp³-hybridized carbons (Fsp3) is 0.294. The summed E-state index contributed by atoms with van der Waals surface area (Å²) in [5.74, 6) is -3.81. The summed E-state index contributed by atoms with van der Waals surface area (Å²) in [4.78, 5) is 121. The molecule has 4 aliphatic heterocycles. The predicted octanol–water partition coefficient (Wildman–Crippen LogP) is 3.22. The fourth-order valence-corrected chi connectivity index (χ4v) is 12.4. The maximum Gasteiger partial charge on any atom is 0.246 e. The Kier molecular flexibility index (Phi) is 18.5. The summed E-state index contributed by atoms with van der Waals surface area (Å²) in [6, 6.07) is 44.4. The average molecular weight is 1190 g/mol. The fourth-order valence-electron chi connectivity index (χ4n) is 12.4. The van der Waals surface area contributed by atoms with Gasteiger partial charge in [0, 0.05) is 98.3 Å². The van der Waals surface area contributed by atoms with Gasteiger partial charge in [-0.15, -0.1) is 0 Å². The maximum absolute atomic E-state index is 14.1. The second-order valence-corrected chi connectivity index (χ2v) is 23.2. The average Bonchev–Trinajstić information content (AvgIpc) is 4.04. The van der Waals surface area contributed by atoms with E-state index in [2.05, 4.69) is 41.9 Å². The van der Waals surface area contributed by atoms with Crippen LogP contribution < -0.4 is 37.6 Å². The topological polar surface area (TPSA) is 293 Å². The minimum atomic E-state index is -1.04. The van der Waals surface area contributed by atoms with Crippen LogP contribution in [0.1, 0.15) is 46.2 Å². The van der Waals surface area contributed by atoms with Gasteiger partial charge >= 0.3 is 0 Å². The number of carbonyl (C=O) groups excluding carboxylic acids is 8. The molecule has 6 heterocycles. The molecule has 8 amide bonds. The number of hydrogen-bond donors (Lipinski definition) is 10. The first-order chi connectivity index (χ1) is 42.7. The highest BCUT2D eigenvalue weighted by molar-refractivity contribution is 6.00. The van der Waals surface area contributed by atoms with Gasteiger partial charge in [-0.25, -0.2) is 0 Å². The minimum Gasteiger partial charge on any atom is -0.391 e. The summed E-state index contributed by atoms with van der Waals surface area (Å²) < 4.78 is 0. The normalized spacial score (nSPS) is 24.6. The van der Waals surface area contributed by atoms with Gasteiger partial charge in [0.05, 0.1) is 6.10 Å². The zero-order chi connectivity index (χ0) is 61.3. The molecule has 20 nitrogen and oxygen atoms in total. The summed E-state index contributed by atoms with van der Waals surface area (Å²) in [6.45, 7) is 0.124. The van der Waals surface area contributed by atoms with Crippen molar-refractivity contribution in [3.63, 3.8) is 0 Å². The van der Waals surface area contributed by atoms with E-state index >= 15 is 0 Å². The number of aliphatic hydroxyl groups excluding tert-OH is 1. The van der Waals surface area contributed by atoms with Crippen molar-refractivity contribution in [1.29, 1.82) is 0 Å². The van der Waals surface area contributed by atoms with E-state index in [1.54, 1.807) is 0 Å². The van der Waals surface area contributed by atoms with E-state index < -0.39 is 102 Å². The van der Waals surface area contributed by atoms with Gasteiger partial charge in [-0.05, 0) is 51.9 Å². The van der Waals surface area contributed by atoms with Crippen LogP contribution in [0.15, 0.2) is 182 Å². The first-order valence-electron chi connectivity index (χ1n) is 29.8. The van der Waals surface area contributed by atoms with Gasteiger partial charge in [0.25, 0.3) is 0 Å². The molecule has 4 saturated heterocycles. The van der Waals surface area contributed by atoms with E-state index in [-0.39, 0.29) is 70.4 Å². The van der Waals surface area contributed by atoms with E-state index in [1.807, 2.05) is 182 Å². The number of aliphatic hydroxyl groups is 1. The van der Waals surface area contributed by atoms with E-state index in [9.17, 15) is 43.5 Å². The molecule has 4 fully saturated rings. The number of benzene rings is 6. The van der Waals surface area contributed by atoms with Gasteiger partial charge in [0.1, 0.15) is 48.3 Å². The summed E-state index contributed by atoms with van der Waals surface area (Å²) in [7, 11) is 0. The van der Waals surface area contributed by atoms with Crippen LogP contribution >= 0.6 is 0 Å². The lowest BCUT2D eigenvalue weighted by Crippen LogP contribution is -2.62. The number of nitrogens with two attached hydrogens (primary N) is 1. The number of amides is 8. The zero-order valence-electron chi connectivity index (χ0n) is 48.4. The predicted molar refractivity (Wildman–Crippen MR) is 330 cm³/mol. The number of fused-ring (bicyclic) bond motifs is 4. The van der Waals surface area contributed by atoms with Gasteiger partial charge in [-0.2, -0.15) is 0 Å². The summed E-state index contributed by atoms with van der Waals surface area (Å²) in [5.41, 5.74) is 13.1. The van der Waals surface area contributed by atoms with E-state index in [4.69, 9.17) is 5.73 Å². The molecule has 2 aromatic heterocycles. The highest BCUT2D eigenvalue weighted by atomic mass is 16.3. The Hall–Kier alpha value is -9.92. The van der Waals surface area contributed by atoms with Crippen molar-refractivity contribution in [3.8, 4) is 0 Å². The molecule has 12 rings (SSSR count). The first-order valence-corrected chi connectivity index (χ1v) is 29.8. The molecule has 0 spiro atoms. The second kappa shape index (κ2) is 27.2. The first kappa shape index (κ1) is 59.8. The van der Waals surface area contributed by atoms with Crippen LogP contribution in [-0.4, -0.2) is 146 Å². The number of aromatic nitrogens is 2. The third-order valence-electron chi connectivity index (χ3n) is 16.9. The molecular weight excluding hydrogens is 1110 g/mol. The second-order valence-electron chi connectivity index (χ2n) is 23.2.